The molecule has 2 aromatic heterocycles. The summed E-state index contributed by atoms with van der Waals surface area (Å²) in [4.78, 5) is 8.37. The number of pyridine rings is 1. The van der Waals surface area contributed by atoms with Crippen molar-refractivity contribution in [3.05, 3.63) is 42.5 Å². The first-order valence-electron chi connectivity index (χ1n) is 7.12. The standard InChI is InChI=1S/C15H22N4O/c1-2-20-13-3-7-17-15-18-10-12-19(15)11-6-14-4-8-16-9-5-14/h4-5,8-10,12H,2-3,6-7,11,13H2,1H3,(H,17,18). The molecule has 0 radical (unpaired) electrons. The van der Waals surface area contributed by atoms with Gasteiger partial charge in [-0.2, -0.15) is 0 Å². The molecule has 0 unspecified atom stereocenters. The molecule has 2 aromatic rings. The Hall–Kier alpha value is -1.88. The van der Waals surface area contributed by atoms with Gasteiger partial charge in [0.1, 0.15) is 0 Å². The van der Waals surface area contributed by atoms with Gasteiger partial charge in [-0.15, -0.1) is 0 Å². The Morgan fingerprint density at radius 2 is 2.10 bits per heavy atom. The summed E-state index contributed by atoms with van der Waals surface area (Å²) >= 11 is 0. The summed E-state index contributed by atoms with van der Waals surface area (Å²) in [6, 6.07) is 4.10. The zero-order valence-electron chi connectivity index (χ0n) is 12.0. The Balaban J connectivity index is 1.76. The molecule has 0 saturated heterocycles. The van der Waals surface area contributed by atoms with E-state index in [-0.39, 0.29) is 0 Å². The summed E-state index contributed by atoms with van der Waals surface area (Å²) in [5, 5.41) is 3.35. The molecule has 0 atom stereocenters. The summed E-state index contributed by atoms with van der Waals surface area (Å²) < 4.78 is 7.46. The van der Waals surface area contributed by atoms with Gasteiger partial charge in [-0.3, -0.25) is 4.98 Å². The van der Waals surface area contributed by atoms with Crippen LogP contribution in [0.1, 0.15) is 18.9 Å². The molecule has 0 aliphatic heterocycles. The van der Waals surface area contributed by atoms with Crippen LogP contribution < -0.4 is 5.32 Å². The minimum Gasteiger partial charge on any atom is -0.382 e. The molecular formula is C15H22N4O. The predicted octanol–water partition coefficient (Wildman–Crippen LogP) is 2.36. The number of imidazole rings is 1. The van der Waals surface area contributed by atoms with Crippen molar-refractivity contribution in [1.29, 1.82) is 0 Å². The Morgan fingerprint density at radius 1 is 1.25 bits per heavy atom. The monoisotopic (exact) mass is 274 g/mol. The second kappa shape index (κ2) is 8.32. The molecule has 0 amide bonds. The number of hydrogen-bond acceptors (Lipinski definition) is 4. The van der Waals surface area contributed by atoms with Crippen LogP contribution in [0.3, 0.4) is 0 Å². The molecule has 0 spiro atoms. The van der Waals surface area contributed by atoms with Crippen molar-refractivity contribution in [2.75, 3.05) is 25.1 Å². The highest BCUT2D eigenvalue weighted by Crippen LogP contribution is 2.07. The van der Waals surface area contributed by atoms with Crippen LogP contribution in [0.4, 0.5) is 5.95 Å². The fraction of sp³-hybridized carbons (Fsp3) is 0.467. The van der Waals surface area contributed by atoms with Crippen molar-refractivity contribution in [3.8, 4) is 0 Å². The molecular weight excluding hydrogens is 252 g/mol. The molecule has 0 bridgehead atoms. The van der Waals surface area contributed by atoms with Crippen LogP contribution >= 0.6 is 0 Å². The largest absolute Gasteiger partial charge is 0.382 e. The van der Waals surface area contributed by atoms with E-state index in [1.807, 2.05) is 43.8 Å². The zero-order valence-corrected chi connectivity index (χ0v) is 12.0. The number of aromatic nitrogens is 3. The lowest BCUT2D eigenvalue weighted by molar-refractivity contribution is 0.147. The predicted molar refractivity (Wildman–Crippen MR) is 79.8 cm³/mol. The summed E-state index contributed by atoms with van der Waals surface area (Å²) in [5.74, 6) is 0.926. The van der Waals surface area contributed by atoms with E-state index in [1.165, 1.54) is 5.56 Å². The van der Waals surface area contributed by atoms with Gasteiger partial charge in [-0.25, -0.2) is 4.98 Å². The minimum absolute atomic E-state index is 0.778. The van der Waals surface area contributed by atoms with Gasteiger partial charge in [0.2, 0.25) is 5.95 Å². The van der Waals surface area contributed by atoms with Crippen LogP contribution in [-0.2, 0) is 17.7 Å². The number of nitrogens with zero attached hydrogens (tertiary/aromatic N) is 3. The smallest absolute Gasteiger partial charge is 0.202 e. The van der Waals surface area contributed by atoms with Gasteiger partial charge in [0, 0.05) is 51.1 Å². The van der Waals surface area contributed by atoms with Crippen molar-refractivity contribution in [2.45, 2.75) is 26.3 Å². The van der Waals surface area contributed by atoms with Crippen LogP contribution in [0.2, 0.25) is 0 Å². The Labute approximate surface area is 120 Å². The molecule has 108 valence electrons. The van der Waals surface area contributed by atoms with E-state index < -0.39 is 0 Å². The number of nitrogens with one attached hydrogen (secondary N) is 1. The summed E-state index contributed by atoms with van der Waals surface area (Å²) in [6.45, 7) is 5.38. The maximum absolute atomic E-state index is 5.32. The van der Waals surface area contributed by atoms with Crippen molar-refractivity contribution in [1.82, 2.24) is 14.5 Å². The van der Waals surface area contributed by atoms with Crippen LogP contribution in [-0.4, -0.2) is 34.3 Å². The lowest BCUT2D eigenvalue weighted by Crippen LogP contribution is -2.11. The quantitative estimate of drug-likeness (QED) is 0.713. The van der Waals surface area contributed by atoms with Gasteiger partial charge in [-0.1, -0.05) is 0 Å². The van der Waals surface area contributed by atoms with Crippen LogP contribution in [0.5, 0.6) is 0 Å². The van der Waals surface area contributed by atoms with Gasteiger partial charge >= 0.3 is 0 Å². The molecule has 0 aliphatic rings. The Kier molecular flexibility index (Phi) is 6.05. The van der Waals surface area contributed by atoms with E-state index in [9.17, 15) is 0 Å². The molecule has 2 heterocycles. The second-order valence-corrected chi connectivity index (χ2v) is 4.53. The zero-order chi connectivity index (χ0) is 14.0. The average Bonchev–Trinajstić information content (AvgIpc) is 2.93. The van der Waals surface area contributed by atoms with E-state index in [4.69, 9.17) is 4.74 Å². The lowest BCUT2D eigenvalue weighted by atomic mass is 10.2. The average molecular weight is 274 g/mol. The fourth-order valence-electron chi connectivity index (χ4n) is 1.97. The van der Waals surface area contributed by atoms with E-state index in [0.717, 1.165) is 45.1 Å². The van der Waals surface area contributed by atoms with E-state index >= 15 is 0 Å². The molecule has 20 heavy (non-hydrogen) atoms. The first kappa shape index (κ1) is 14.5. The Bertz CT molecular complexity index is 484. The fourth-order valence-corrected chi connectivity index (χ4v) is 1.97. The number of anilines is 1. The van der Waals surface area contributed by atoms with Crippen molar-refractivity contribution >= 4 is 5.95 Å². The van der Waals surface area contributed by atoms with E-state index in [1.54, 1.807) is 0 Å². The third-order valence-corrected chi connectivity index (χ3v) is 3.06. The number of aryl methyl sites for hydroxylation is 2. The molecule has 0 saturated carbocycles. The van der Waals surface area contributed by atoms with Crippen molar-refractivity contribution < 1.29 is 4.74 Å². The molecule has 0 aliphatic carbocycles. The topological polar surface area (TPSA) is 52.0 Å². The Morgan fingerprint density at radius 3 is 2.90 bits per heavy atom. The molecule has 5 heteroatoms. The molecule has 2 rings (SSSR count). The molecule has 0 aromatic carbocycles. The van der Waals surface area contributed by atoms with Crippen LogP contribution in [0.25, 0.3) is 0 Å². The normalized spacial score (nSPS) is 10.7. The van der Waals surface area contributed by atoms with Crippen molar-refractivity contribution in [2.24, 2.45) is 0 Å². The first-order valence-corrected chi connectivity index (χ1v) is 7.12. The highest BCUT2D eigenvalue weighted by molar-refractivity contribution is 5.25. The van der Waals surface area contributed by atoms with Crippen molar-refractivity contribution in [3.63, 3.8) is 0 Å². The molecule has 1 N–H and O–H groups in total. The summed E-state index contributed by atoms with van der Waals surface area (Å²) in [5.41, 5.74) is 1.29. The highest BCUT2D eigenvalue weighted by Gasteiger charge is 2.02. The minimum atomic E-state index is 0.778. The van der Waals surface area contributed by atoms with Gasteiger partial charge in [0.25, 0.3) is 0 Å². The number of hydrogen-bond donors (Lipinski definition) is 1. The SMILES string of the molecule is CCOCCCNc1nccn1CCc1ccncc1. The maximum atomic E-state index is 5.32. The lowest BCUT2D eigenvalue weighted by Gasteiger charge is -2.10. The number of rotatable bonds is 9. The second-order valence-electron chi connectivity index (χ2n) is 4.53. The third kappa shape index (κ3) is 4.66. The maximum Gasteiger partial charge on any atom is 0.202 e. The first-order chi connectivity index (χ1) is 9.90. The molecule has 0 fully saturated rings. The third-order valence-electron chi connectivity index (χ3n) is 3.06. The summed E-state index contributed by atoms with van der Waals surface area (Å²) in [6.07, 6.45) is 9.47. The van der Waals surface area contributed by atoms with Crippen LogP contribution in [0.15, 0.2) is 36.9 Å². The number of ether oxygens (including phenoxy) is 1. The summed E-state index contributed by atoms with van der Waals surface area (Å²) in [7, 11) is 0. The van der Waals surface area contributed by atoms with E-state index in [0.29, 0.717) is 0 Å². The van der Waals surface area contributed by atoms with Gasteiger partial charge < -0.3 is 14.6 Å². The van der Waals surface area contributed by atoms with Crippen LogP contribution in [0, 0.1) is 0 Å². The molecule has 5 nitrogen and oxygen atoms in total. The van der Waals surface area contributed by atoms with Gasteiger partial charge in [0.15, 0.2) is 0 Å². The van der Waals surface area contributed by atoms with Gasteiger partial charge in [-0.05, 0) is 37.5 Å². The highest BCUT2D eigenvalue weighted by atomic mass is 16.5. The van der Waals surface area contributed by atoms with E-state index in [2.05, 4.69) is 19.9 Å². The van der Waals surface area contributed by atoms with Gasteiger partial charge in [0.05, 0.1) is 0 Å².